The highest BCUT2D eigenvalue weighted by Gasteiger charge is 2.34. The number of carbonyl (C=O) groups is 2. The number of nitrogens with one attached hydrogen (secondary N) is 2. The Labute approximate surface area is 168 Å². The van der Waals surface area contributed by atoms with Crippen LogP contribution in [0.2, 0.25) is 0 Å². The Hall–Kier alpha value is -3.22. The molecular formula is C22H23FN4O2. The van der Waals surface area contributed by atoms with Gasteiger partial charge in [0, 0.05) is 30.4 Å². The highest BCUT2D eigenvalue weighted by atomic mass is 19.1. The van der Waals surface area contributed by atoms with Crippen LogP contribution in [0.15, 0.2) is 48.9 Å². The first kappa shape index (κ1) is 19.1. The van der Waals surface area contributed by atoms with E-state index in [-0.39, 0.29) is 36.1 Å². The SMILES string of the molecule is CC1C(NC(=O)Cc2cccc(F)c2)CCN1C(=O)Cc1c[nH]c2cnccc12. The summed E-state index contributed by atoms with van der Waals surface area (Å²) in [5.74, 6) is -0.475. The van der Waals surface area contributed by atoms with Crippen LogP contribution in [0.1, 0.15) is 24.5 Å². The first-order chi connectivity index (χ1) is 14.0. The molecule has 2 unspecified atom stereocenters. The zero-order valence-electron chi connectivity index (χ0n) is 16.2. The summed E-state index contributed by atoms with van der Waals surface area (Å²) >= 11 is 0. The van der Waals surface area contributed by atoms with Crippen molar-refractivity contribution in [3.63, 3.8) is 0 Å². The topological polar surface area (TPSA) is 78.1 Å². The van der Waals surface area contributed by atoms with E-state index in [0.29, 0.717) is 24.9 Å². The van der Waals surface area contributed by atoms with Crippen LogP contribution in [-0.2, 0) is 22.4 Å². The first-order valence-corrected chi connectivity index (χ1v) is 9.74. The number of amides is 2. The number of rotatable bonds is 5. The average molecular weight is 394 g/mol. The van der Waals surface area contributed by atoms with Crippen molar-refractivity contribution in [2.75, 3.05) is 6.54 Å². The van der Waals surface area contributed by atoms with Gasteiger partial charge in [0.1, 0.15) is 5.82 Å². The number of pyridine rings is 1. The molecule has 1 saturated heterocycles. The third-order valence-electron chi connectivity index (χ3n) is 5.59. The Balaban J connectivity index is 1.36. The largest absolute Gasteiger partial charge is 0.360 e. The molecule has 3 aromatic rings. The molecule has 3 heterocycles. The molecule has 0 bridgehead atoms. The van der Waals surface area contributed by atoms with Crippen molar-refractivity contribution in [1.82, 2.24) is 20.2 Å². The molecule has 2 N–H and O–H groups in total. The number of fused-ring (bicyclic) bond motifs is 1. The van der Waals surface area contributed by atoms with Crippen LogP contribution in [0.25, 0.3) is 10.9 Å². The monoisotopic (exact) mass is 394 g/mol. The maximum atomic E-state index is 13.3. The van der Waals surface area contributed by atoms with Gasteiger partial charge in [0.25, 0.3) is 0 Å². The van der Waals surface area contributed by atoms with E-state index >= 15 is 0 Å². The molecule has 0 radical (unpaired) electrons. The van der Waals surface area contributed by atoms with Crippen molar-refractivity contribution < 1.29 is 14.0 Å². The van der Waals surface area contributed by atoms with Crippen LogP contribution in [0, 0.1) is 5.82 Å². The molecule has 2 amide bonds. The molecule has 0 saturated carbocycles. The van der Waals surface area contributed by atoms with Gasteiger partial charge < -0.3 is 15.2 Å². The number of aromatic amines is 1. The Morgan fingerprint density at radius 3 is 3.00 bits per heavy atom. The van der Waals surface area contributed by atoms with Gasteiger partial charge in [-0.3, -0.25) is 14.6 Å². The van der Waals surface area contributed by atoms with Crippen molar-refractivity contribution in [1.29, 1.82) is 0 Å². The fourth-order valence-electron chi connectivity index (χ4n) is 4.02. The van der Waals surface area contributed by atoms with Gasteiger partial charge in [-0.2, -0.15) is 0 Å². The number of aromatic nitrogens is 2. The average Bonchev–Trinajstić information content (AvgIpc) is 3.26. The lowest BCUT2D eigenvalue weighted by molar-refractivity contribution is -0.131. The lowest BCUT2D eigenvalue weighted by Gasteiger charge is -2.25. The molecule has 2 aromatic heterocycles. The molecule has 7 heteroatoms. The Morgan fingerprint density at radius 1 is 1.31 bits per heavy atom. The molecule has 1 fully saturated rings. The van der Waals surface area contributed by atoms with Gasteiger partial charge in [0.2, 0.25) is 11.8 Å². The number of H-pyrrole nitrogens is 1. The van der Waals surface area contributed by atoms with E-state index < -0.39 is 0 Å². The summed E-state index contributed by atoms with van der Waals surface area (Å²) in [4.78, 5) is 34.3. The smallest absolute Gasteiger partial charge is 0.227 e. The second kappa shape index (κ2) is 8.03. The van der Waals surface area contributed by atoms with Gasteiger partial charge in [-0.05, 0) is 42.7 Å². The quantitative estimate of drug-likeness (QED) is 0.698. The molecule has 0 aliphatic carbocycles. The van der Waals surface area contributed by atoms with E-state index in [1.54, 1.807) is 24.5 Å². The minimum atomic E-state index is -0.352. The van der Waals surface area contributed by atoms with E-state index in [9.17, 15) is 14.0 Å². The number of nitrogens with zero attached hydrogens (tertiary/aromatic N) is 2. The molecule has 2 atom stereocenters. The zero-order chi connectivity index (χ0) is 20.4. The third kappa shape index (κ3) is 4.13. The zero-order valence-corrected chi connectivity index (χ0v) is 16.2. The van der Waals surface area contributed by atoms with Crippen molar-refractivity contribution in [3.8, 4) is 0 Å². The third-order valence-corrected chi connectivity index (χ3v) is 5.59. The fourth-order valence-corrected chi connectivity index (χ4v) is 4.02. The van der Waals surface area contributed by atoms with Gasteiger partial charge >= 0.3 is 0 Å². The van der Waals surface area contributed by atoms with E-state index in [4.69, 9.17) is 0 Å². The molecule has 150 valence electrons. The van der Waals surface area contributed by atoms with Crippen molar-refractivity contribution in [2.24, 2.45) is 0 Å². The van der Waals surface area contributed by atoms with Crippen LogP contribution >= 0.6 is 0 Å². The highest BCUT2D eigenvalue weighted by molar-refractivity contribution is 5.88. The standard InChI is InChI=1S/C22H23FN4O2/c1-14-19(26-21(28)10-15-3-2-4-17(23)9-15)6-8-27(14)22(29)11-16-12-25-20-13-24-7-5-18(16)20/h2-5,7,9,12-14,19,25H,6,8,10-11H2,1H3,(H,26,28). The van der Waals surface area contributed by atoms with Crippen molar-refractivity contribution >= 4 is 22.7 Å². The van der Waals surface area contributed by atoms with Crippen LogP contribution < -0.4 is 5.32 Å². The second-order valence-corrected chi connectivity index (χ2v) is 7.51. The Morgan fingerprint density at radius 2 is 2.17 bits per heavy atom. The number of hydrogen-bond acceptors (Lipinski definition) is 3. The molecule has 1 aliphatic heterocycles. The van der Waals surface area contributed by atoms with Gasteiger partial charge in [-0.15, -0.1) is 0 Å². The van der Waals surface area contributed by atoms with Crippen LogP contribution in [0.4, 0.5) is 4.39 Å². The molecule has 1 aromatic carbocycles. The minimum absolute atomic E-state index is 0.0390. The first-order valence-electron chi connectivity index (χ1n) is 9.74. The van der Waals surface area contributed by atoms with Gasteiger partial charge in [-0.1, -0.05) is 12.1 Å². The van der Waals surface area contributed by atoms with Crippen molar-refractivity contribution in [3.05, 3.63) is 65.9 Å². The molecule has 6 nitrogen and oxygen atoms in total. The minimum Gasteiger partial charge on any atom is -0.360 e. The Kier molecular flexibility index (Phi) is 5.29. The summed E-state index contributed by atoms with van der Waals surface area (Å²) in [7, 11) is 0. The van der Waals surface area contributed by atoms with Crippen LogP contribution in [0.5, 0.6) is 0 Å². The summed E-state index contributed by atoms with van der Waals surface area (Å²) in [6, 6.07) is 7.75. The lowest BCUT2D eigenvalue weighted by atomic mass is 10.1. The normalized spacial score (nSPS) is 18.9. The summed E-state index contributed by atoms with van der Waals surface area (Å²) in [6.45, 7) is 2.56. The molecule has 1 aliphatic rings. The summed E-state index contributed by atoms with van der Waals surface area (Å²) in [5, 5.41) is 4.00. The van der Waals surface area contributed by atoms with Crippen LogP contribution in [0.3, 0.4) is 0 Å². The molecule has 29 heavy (non-hydrogen) atoms. The molecule has 0 spiro atoms. The number of likely N-dealkylation sites (tertiary alicyclic amines) is 1. The predicted octanol–water partition coefficient (Wildman–Crippen LogP) is 2.59. The summed E-state index contributed by atoms with van der Waals surface area (Å²) < 4.78 is 13.3. The van der Waals surface area contributed by atoms with E-state index in [1.807, 2.05) is 24.1 Å². The van der Waals surface area contributed by atoms with E-state index in [0.717, 1.165) is 16.5 Å². The molecular weight excluding hydrogens is 371 g/mol. The van der Waals surface area contributed by atoms with Crippen molar-refractivity contribution in [2.45, 2.75) is 38.3 Å². The molecule has 4 rings (SSSR count). The van der Waals surface area contributed by atoms with Gasteiger partial charge in [0.15, 0.2) is 0 Å². The second-order valence-electron chi connectivity index (χ2n) is 7.51. The number of halogens is 1. The van der Waals surface area contributed by atoms with Gasteiger partial charge in [-0.25, -0.2) is 4.39 Å². The predicted molar refractivity (Wildman–Crippen MR) is 108 cm³/mol. The highest BCUT2D eigenvalue weighted by Crippen LogP contribution is 2.22. The summed E-state index contributed by atoms with van der Waals surface area (Å²) in [6.07, 6.45) is 6.44. The number of carbonyl (C=O) groups excluding carboxylic acids is 2. The maximum absolute atomic E-state index is 13.3. The van der Waals surface area contributed by atoms with Gasteiger partial charge in [0.05, 0.1) is 30.6 Å². The van der Waals surface area contributed by atoms with Crippen LogP contribution in [-0.4, -0.2) is 45.3 Å². The number of benzene rings is 1. The fraction of sp³-hybridized carbons (Fsp3) is 0.318. The lowest BCUT2D eigenvalue weighted by Crippen LogP contribution is -2.45. The Bertz CT molecular complexity index is 1050. The van der Waals surface area contributed by atoms with E-state index in [2.05, 4.69) is 15.3 Å². The van der Waals surface area contributed by atoms with E-state index in [1.165, 1.54) is 12.1 Å². The number of hydrogen-bond donors (Lipinski definition) is 2. The summed E-state index contributed by atoms with van der Waals surface area (Å²) in [5.41, 5.74) is 2.49. The maximum Gasteiger partial charge on any atom is 0.227 e.